The monoisotopic (exact) mass is 434 g/mol. The highest BCUT2D eigenvalue weighted by atomic mass is 79.9. The molecule has 0 amide bonds. The van der Waals surface area contributed by atoms with Crippen molar-refractivity contribution in [3.05, 3.63) is 44.9 Å². The SMILES string of the molecule is CC1(C)CC(=O)c2sc(N3CCOCC3Cc3ccc(Br)cc3)nc2C1. The summed E-state index contributed by atoms with van der Waals surface area (Å²) in [7, 11) is 0. The standard InChI is InChI=1S/C20H23BrN2O2S/c1-20(2)10-16-18(17(24)11-20)26-19(22-16)23-7-8-25-12-15(23)9-13-3-5-14(21)6-4-13/h3-6,15H,7-12H2,1-2H3. The van der Waals surface area contributed by atoms with E-state index in [9.17, 15) is 4.79 Å². The maximum Gasteiger partial charge on any atom is 0.186 e. The van der Waals surface area contributed by atoms with Crippen LogP contribution >= 0.6 is 27.3 Å². The number of hydrogen-bond donors (Lipinski definition) is 0. The first kappa shape index (κ1) is 18.1. The highest BCUT2D eigenvalue weighted by Crippen LogP contribution is 2.40. The third-order valence-electron chi connectivity index (χ3n) is 5.08. The normalized spacial score (nSPS) is 22.3. The average Bonchev–Trinajstić information content (AvgIpc) is 3.00. The van der Waals surface area contributed by atoms with Crippen LogP contribution in [0.3, 0.4) is 0 Å². The molecule has 0 N–H and O–H groups in total. The molecule has 4 rings (SSSR count). The van der Waals surface area contributed by atoms with Crippen LogP contribution in [0, 0.1) is 5.41 Å². The molecule has 4 nitrogen and oxygen atoms in total. The van der Waals surface area contributed by atoms with Crippen LogP contribution in [0.5, 0.6) is 0 Å². The molecule has 0 bridgehead atoms. The van der Waals surface area contributed by atoms with Crippen molar-refractivity contribution in [3.8, 4) is 0 Å². The number of rotatable bonds is 3. The molecule has 6 heteroatoms. The second-order valence-corrected chi connectivity index (χ2v) is 9.86. The van der Waals surface area contributed by atoms with Crippen molar-refractivity contribution in [1.82, 2.24) is 4.98 Å². The molecule has 138 valence electrons. The molecular formula is C20H23BrN2O2S. The van der Waals surface area contributed by atoms with Gasteiger partial charge in [-0.2, -0.15) is 0 Å². The molecule has 1 aromatic heterocycles. The van der Waals surface area contributed by atoms with E-state index in [2.05, 4.69) is 58.9 Å². The number of morpholine rings is 1. The second-order valence-electron chi connectivity index (χ2n) is 7.97. The van der Waals surface area contributed by atoms with E-state index in [-0.39, 0.29) is 17.2 Å². The van der Waals surface area contributed by atoms with Crippen LogP contribution in [0.15, 0.2) is 28.7 Å². The third-order valence-corrected chi connectivity index (χ3v) is 6.79. The predicted octanol–water partition coefficient (Wildman–Crippen LogP) is 4.51. The van der Waals surface area contributed by atoms with E-state index in [1.807, 2.05) is 0 Å². The van der Waals surface area contributed by atoms with Crippen LogP contribution in [0.25, 0.3) is 0 Å². The first-order valence-corrected chi connectivity index (χ1v) is 10.6. The summed E-state index contributed by atoms with van der Waals surface area (Å²) in [5.74, 6) is 0.248. The highest BCUT2D eigenvalue weighted by Gasteiger charge is 2.35. The van der Waals surface area contributed by atoms with Gasteiger partial charge in [-0.15, -0.1) is 0 Å². The molecule has 2 heterocycles. The maximum absolute atomic E-state index is 12.5. The topological polar surface area (TPSA) is 42.4 Å². The summed E-state index contributed by atoms with van der Waals surface area (Å²) in [5.41, 5.74) is 2.28. The predicted molar refractivity (Wildman–Crippen MR) is 108 cm³/mol. The Morgan fingerprint density at radius 1 is 1.31 bits per heavy atom. The van der Waals surface area contributed by atoms with Gasteiger partial charge in [0.25, 0.3) is 0 Å². The number of hydrogen-bond acceptors (Lipinski definition) is 5. The van der Waals surface area contributed by atoms with Gasteiger partial charge in [0, 0.05) is 17.4 Å². The van der Waals surface area contributed by atoms with E-state index < -0.39 is 0 Å². The number of halogens is 1. The Kier molecular flexibility index (Phi) is 4.92. The van der Waals surface area contributed by atoms with E-state index in [1.165, 1.54) is 5.56 Å². The first-order chi connectivity index (χ1) is 12.4. The van der Waals surface area contributed by atoms with E-state index >= 15 is 0 Å². The summed E-state index contributed by atoms with van der Waals surface area (Å²) in [5, 5.41) is 0.978. The minimum absolute atomic E-state index is 0.0112. The van der Waals surface area contributed by atoms with E-state index in [0.29, 0.717) is 19.6 Å². The highest BCUT2D eigenvalue weighted by molar-refractivity contribution is 9.10. The molecule has 2 aliphatic rings. The number of carbonyl (C=O) groups excluding carboxylic acids is 1. The summed E-state index contributed by atoms with van der Waals surface area (Å²) in [6.07, 6.45) is 2.41. The van der Waals surface area contributed by atoms with Crippen LogP contribution in [-0.4, -0.2) is 36.6 Å². The molecule has 26 heavy (non-hydrogen) atoms. The zero-order valence-electron chi connectivity index (χ0n) is 15.1. The van der Waals surface area contributed by atoms with E-state index in [0.717, 1.165) is 39.6 Å². The minimum atomic E-state index is 0.0112. The Labute approximate surface area is 166 Å². The van der Waals surface area contributed by atoms with Gasteiger partial charge in [-0.1, -0.05) is 53.2 Å². The third kappa shape index (κ3) is 3.73. The molecule has 1 fully saturated rings. The smallest absolute Gasteiger partial charge is 0.186 e. The molecule has 1 aromatic carbocycles. The minimum Gasteiger partial charge on any atom is -0.377 e. The lowest BCUT2D eigenvalue weighted by atomic mass is 9.78. The van der Waals surface area contributed by atoms with Crippen molar-refractivity contribution in [2.75, 3.05) is 24.7 Å². The maximum atomic E-state index is 12.5. The Hall–Kier alpha value is -1.24. The van der Waals surface area contributed by atoms with Crippen LogP contribution in [0.4, 0.5) is 5.13 Å². The Morgan fingerprint density at radius 2 is 2.08 bits per heavy atom. The zero-order chi connectivity index (χ0) is 18.3. The Balaban J connectivity index is 1.59. The van der Waals surface area contributed by atoms with Crippen molar-refractivity contribution in [2.24, 2.45) is 5.41 Å². The van der Waals surface area contributed by atoms with Crippen LogP contribution < -0.4 is 4.90 Å². The summed E-state index contributed by atoms with van der Waals surface area (Å²) in [6.45, 7) is 6.53. The van der Waals surface area contributed by atoms with E-state index in [4.69, 9.17) is 9.72 Å². The number of benzene rings is 1. The fourth-order valence-corrected chi connectivity index (χ4v) is 5.18. The summed E-state index contributed by atoms with van der Waals surface area (Å²) >= 11 is 5.06. The average molecular weight is 435 g/mol. The molecule has 1 unspecified atom stereocenters. The lowest BCUT2D eigenvalue weighted by molar-refractivity contribution is 0.0915. The van der Waals surface area contributed by atoms with Gasteiger partial charge in [-0.25, -0.2) is 4.98 Å². The molecule has 1 saturated heterocycles. The van der Waals surface area contributed by atoms with Crippen molar-refractivity contribution >= 4 is 38.2 Å². The molecule has 1 aliphatic carbocycles. The lowest BCUT2D eigenvalue weighted by Crippen LogP contribution is -2.46. The number of ether oxygens (including phenoxy) is 1. The fourth-order valence-electron chi connectivity index (χ4n) is 3.80. The zero-order valence-corrected chi connectivity index (χ0v) is 17.5. The number of aromatic nitrogens is 1. The summed E-state index contributed by atoms with van der Waals surface area (Å²) in [6, 6.07) is 8.70. The first-order valence-electron chi connectivity index (χ1n) is 9.03. The van der Waals surface area contributed by atoms with Crippen molar-refractivity contribution in [3.63, 3.8) is 0 Å². The molecule has 1 aliphatic heterocycles. The second kappa shape index (κ2) is 7.06. The van der Waals surface area contributed by atoms with Crippen LogP contribution in [0.1, 0.15) is 41.2 Å². The van der Waals surface area contributed by atoms with E-state index in [1.54, 1.807) is 11.3 Å². The van der Waals surface area contributed by atoms with Crippen molar-refractivity contribution in [1.29, 1.82) is 0 Å². The van der Waals surface area contributed by atoms with Crippen LogP contribution in [-0.2, 0) is 17.6 Å². The van der Waals surface area contributed by atoms with Crippen molar-refractivity contribution < 1.29 is 9.53 Å². The number of thiazole rings is 1. The van der Waals surface area contributed by atoms with Gasteiger partial charge >= 0.3 is 0 Å². The van der Waals surface area contributed by atoms with Gasteiger partial charge in [0.05, 0.1) is 29.8 Å². The molecule has 0 saturated carbocycles. The van der Waals surface area contributed by atoms with Crippen molar-refractivity contribution in [2.45, 2.75) is 39.2 Å². The molecule has 0 spiro atoms. The summed E-state index contributed by atoms with van der Waals surface area (Å²) < 4.78 is 6.83. The molecule has 2 aromatic rings. The Bertz CT molecular complexity index is 816. The number of carbonyl (C=O) groups is 1. The van der Waals surface area contributed by atoms with Crippen LogP contribution in [0.2, 0.25) is 0 Å². The van der Waals surface area contributed by atoms with Gasteiger partial charge in [0.2, 0.25) is 0 Å². The van der Waals surface area contributed by atoms with Gasteiger partial charge in [0.1, 0.15) is 0 Å². The number of fused-ring (bicyclic) bond motifs is 1. The molecular weight excluding hydrogens is 412 g/mol. The largest absolute Gasteiger partial charge is 0.377 e. The lowest BCUT2D eigenvalue weighted by Gasteiger charge is -2.35. The van der Waals surface area contributed by atoms with Gasteiger partial charge in [0.15, 0.2) is 10.9 Å². The van der Waals surface area contributed by atoms with Gasteiger partial charge < -0.3 is 9.64 Å². The van der Waals surface area contributed by atoms with Gasteiger partial charge in [-0.05, 0) is 36.0 Å². The molecule has 0 radical (unpaired) electrons. The van der Waals surface area contributed by atoms with Gasteiger partial charge in [-0.3, -0.25) is 4.79 Å². The fraction of sp³-hybridized carbons (Fsp3) is 0.500. The number of nitrogens with zero attached hydrogens (tertiary/aromatic N) is 2. The molecule has 1 atom stereocenters. The Morgan fingerprint density at radius 3 is 2.85 bits per heavy atom. The number of ketones is 1. The number of Topliss-reactive ketones (excluding diaryl/α,β-unsaturated/α-hetero) is 1. The quantitative estimate of drug-likeness (QED) is 0.712. The summed E-state index contributed by atoms with van der Waals surface area (Å²) in [4.78, 5) is 20.6. The number of anilines is 1.